The third-order valence-corrected chi connectivity index (χ3v) is 3.65. The first-order chi connectivity index (χ1) is 7.47. The summed E-state index contributed by atoms with van der Waals surface area (Å²) in [7, 11) is 0. The highest BCUT2D eigenvalue weighted by molar-refractivity contribution is 5.15. The second kappa shape index (κ2) is 4.52. The lowest BCUT2D eigenvalue weighted by atomic mass is 9.94. The summed E-state index contributed by atoms with van der Waals surface area (Å²) in [5, 5.41) is 13.0. The molecule has 3 nitrogen and oxygen atoms in total. The van der Waals surface area contributed by atoms with E-state index in [1.165, 1.54) is 0 Å². The van der Waals surface area contributed by atoms with Gasteiger partial charge >= 0.3 is 0 Å². The van der Waals surface area contributed by atoms with E-state index in [-0.39, 0.29) is 17.2 Å². The summed E-state index contributed by atoms with van der Waals surface area (Å²) in [6.45, 7) is 14.7. The number of hydrogen-bond donors (Lipinski definition) is 2. The first-order valence-corrected chi connectivity index (χ1v) is 6.67. The van der Waals surface area contributed by atoms with Crippen molar-refractivity contribution in [2.24, 2.45) is 5.92 Å². The van der Waals surface area contributed by atoms with E-state index in [1.54, 1.807) is 0 Å². The number of nitrogens with one attached hydrogen (secondary N) is 1. The molecule has 0 aromatic carbocycles. The maximum absolute atomic E-state index is 9.88. The van der Waals surface area contributed by atoms with Gasteiger partial charge in [-0.1, -0.05) is 13.8 Å². The molecule has 0 aliphatic carbocycles. The van der Waals surface area contributed by atoms with Crippen LogP contribution in [0.15, 0.2) is 0 Å². The van der Waals surface area contributed by atoms with Gasteiger partial charge < -0.3 is 9.84 Å². The van der Waals surface area contributed by atoms with Crippen LogP contribution in [0.4, 0.5) is 0 Å². The molecule has 17 heavy (non-hydrogen) atoms. The van der Waals surface area contributed by atoms with Crippen LogP contribution < -0.4 is 5.32 Å². The van der Waals surface area contributed by atoms with E-state index >= 15 is 0 Å². The Morgan fingerprint density at radius 1 is 1.24 bits per heavy atom. The van der Waals surface area contributed by atoms with Crippen LogP contribution in [-0.4, -0.2) is 28.1 Å². The fourth-order valence-electron chi connectivity index (χ4n) is 2.95. The van der Waals surface area contributed by atoms with Gasteiger partial charge in [0, 0.05) is 0 Å². The van der Waals surface area contributed by atoms with Crippen molar-refractivity contribution < 1.29 is 9.84 Å². The van der Waals surface area contributed by atoms with Crippen molar-refractivity contribution >= 4 is 0 Å². The number of rotatable bonds is 6. The van der Waals surface area contributed by atoms with E-state index in [4.69, 9.17) is 4.74 Å². The molecule has 0 saturated carbocycles. The molecule has 0 bridgehead atoms. The standard InChI is InChI=1S/C14H29NO2/c1-10(2)8-12(4,5)17-11(3)9-13(6)14(7,16)15-13/h10-11,15-16H,8-9H2,1-7H3. The highest BCUT2D eigenvalue weighted by Gasteiger charge is 2.60. The molecule has 1 aliphatic rings. The number of hydrogen-bond acceptors (Lipinski definition) is 3. The lowest BCUT2D eigenvalue weighted by Gasteiger charge is -2.32. The van der Waals surface area contributed by atoms with Crippen LogP contribution in [0.25, 0.3) is 0 Å². The molecule has 2 N–H and O–H groups in total. The third kappa shape index (κ3) is 3.94. The Bertz CT molecular complexity index is 273. The fraction of sp³-hybridized carbons (Fsp3) is 1.00. The molecule has 0 amide bonds. The average Bonchev–Trinajstić information content (AvgIpc) is 2.42. The summed E-state index contributed by atoms with van der Waals surface area (Å²) in [5.74, 6) is 0.634. The highest BCUT2D eigenvalue weighted by atomic mass is 16.5. The molecule has 3 atom stereocenters. The van der Waals surface area contributed by atoms with E-state index in [2.05, 4.69) is 39.9 Å². The van der Waals surface area contributed by atoms with Crippen LogP contribution in [0.2, 0.25) is 0 Å². The van der Waals surface area contributed by atoms with Crippen LogP contribution >= 0.6 is 0 Å². The van der Waals surface area contributed by atoms with E-state index in [0.29, 0.717) is 5.92 Å². The van der Waals surface area contributed by atoms with Gasteiger partial charge in [0.15, 0.2) is 0 Å². The quantitative estimate of drug-likeness (QED) is 0.705. The molecule has 1 rings (SSSR count). The molecule has 0 radical (unpaired) electrons. The normalized spacial score (nSPS) is 35.1. The average molecular weight is 243 g/mol. The minimum Gasteiger partial charge on any atom is -0.374 e. The first-order valence-electron chi connectivity index (χ1n) is 6.67. The fourth-order valence-corrected chi connectivity index (χ4v) is 2.95. The Morgan fingerprint density at radius 3 is 2.06 bits per heavy atom. The first kappa shape index (κ1) is 14.9. The van der Waals surface area contributed by atoms with Crippen LogP contribution in [0.1, 0.15) is 61.3 Å². The van der Waals surface area contributed by atoms with Crippen molar-refractivity contribution in [1.29, 1.82) is 0 Å². The molecule has 1 heterocycles. The van der Waals surface area contributed by atoms with Crippen molar-refractivity contribution in [2.75, 3.05) is 0 Å². The summed E-state index contributed by atoms with van der Waals surface area (Å²) in [4.78, 5) is 0. The van der Waals surface area contributed by atoms with E-state index in [9.17, 15) is 5.11 Å². The van der Waals surface area contributed by atoms with Crippen molar-refractivity contribution in [1.82, 2.24) is 5.32 Å². The summed E-state index contributed by atoms with van der Waals surface area (Å²) >= 11 is 0. The van der Waals surface area contributed by atoms with Crippen LogP contribution in [-0.2, 0) is 4.74 Å². The Morgan fingerprint density at radius 2 is 1.71 bits per heavy atom. The number of aliphatic hydroxyl groups is 1. The molecule has 1 fully saturated rings. The van der Waals surface area contributed by atoms with Gasteiger partial charge in [-0.3, -0.25) is 5.32 Å². The zero-order chi connectivity index (χ0) is 13.5. The van der Waals surface area contributed by atoms with E-state index < -0.39 is 5.72 Å². The van der Waals surface area contributed by atoms with Gasteiger partial charge in [-0.15, -0.1) is 0 Å². The maximum atomic E-state index is 9.88. The summed E-state index contributed by atoms with van der Waals surface area (Å²) in [6, 6.07) is 0. The van der Waals surface area contributed by atoms with Crippen molar-refractivity contribution in [2.45, 2.75) is 84.3 Å². The smallest absolute Gasteiger partial charge is 0.131 e. The molecule has 0 aromatic rings. The highest BCUT2D eigenvalue weighted by Crippen LogP contribution is 2.40. The topological polar surface area (TPSA) is 51.4 Å². The van der Waals surface area contributed by atoms with Crippen molar-refractivity contribution in [3.05, 3.63) is 0 Å². The summed E-state index contributed by atoms with van der Waals surface area (Å²) in [5.41, 5.74) is -1.02. The van der Waals surface area contributed by atoms with Gasteiger partial charge in [0.1, 0.15) is 5.72 Å². The van der Waals surface area contributed by atoms with Crippen LogP contribution in [0.5, 0.6) is 0 Å². The molecule has 3 unspecified atom stereocenters. The molecular weight excluding hydrogens is 214 g/mol. The van der Waals surface area contributed by atoms with Crippen molar-refractivity contribution in [3.63, 3.8) is 0 Å². The summed E-state index contributed by atoms with van der Waals surface area (Å²) in [6.07, 6.45) is 2.04. The van der Waals surface area contributed by atoms with Crippen molar-refractivity contribution in [3.8, 4) is 0 Å². The van der Waals surface area contributed by atoms with Gasteiger partial charge in [-0.2, -0.15) is 0 Å². The van der Waals surface area contributed by atoms with Gasteiger partial charge in [0.2, 0.25) is 0 Å². The Balaban J connectivity index is 2.42. The second-order valence-corrected chi connectivity index (χ2v) is 7.02. The molecule has 0 spiro atoms. The maximum Gasteiger partial charge on any atom is 0.131 e. The lowest BCUT2D eigenvalue weighted by molar-refractivity contribution is -0.0818. The monoisotopic (exact) mass is 243 g/mol. The number of ether oxygens (including phenoxy) is 1. The summed E-state index contributed by atoms with van der Waals surface area (Å²) < 4.78 is 6.11. The Labute approximate surface area is 106 Å². The zero-order valence-corrected chi connectivity index (χ0v) is 12.4. The molecule has 1 aliphatic heterocycles. The minimum absolute atomic E-state index is 0.0926. The SMILES string of the molecule is CC(C)CC(C)(C)OC(C)CC1(C)NC1(C)O. The minimum atomic E-state index is -0.729. The molecule has 102 valence electrons. The lowest BCUT2D eigenvalue weighted by Crippen LogP contribution is -2.34. The van der Waals surface area contributed by atoms with E-state index in [0.717, 1.165) is 12.8 Å². The van der Waals surface area contributed by atoms with Crippen LogP contribution in [0.3, 0.4) is 0 Å². The van der Waals surface area contributed by atoms with Crippen LogP contribution in [0, 0.1) is 5.92 Å². The molecular formula is C14H29NO2. The predicted molar refractivity (Wildman–Crippen MR) is 70.9 cm³/mol. The largest absolute Gasteiger partial charge is 0.374 e. The third-order valence-electron chi connectivity index (χ3n) is 3.65. The van der Waals surface area contributed by atoms with Gasteiger partial charge in [0.05, 0.1) is 17.2 Å². The second-order valence-electron chi connectivity index (χ2n) is 7.02. The Kier molecular flexibility index (Phi) is 3.98. The molecule has 1 saturated heterocycles. The molecule has 3 heteroatoms. The molecule has 0 aromatic heterocycles. The van der Waals surface area contributed by atoms with Gasteiger partial charge in [-0.05, 0) is 53.4 Å². The van der Waals surface area contributed by atoms with E-state index in [1.807, 2.05) is 13.8 Å². The zero-order valence-electron chi connectivity index (χ0n) is 12.4. The van der Waals surface area contributed by atoms with Gasteiger partial charge in [0.25, 0.3) is 0 Å². The predicted octanol–water partition coefficient (Wildman–Crippen LogP) is 2.68. The Hall–Kier alpha value is -0.120. The van der Waals surface area contributed by atoms with Gasteiger partial charge in [-0.25, -0.2) is 0 Å².